The third-order valence-corrected chi connectivity index (χ3v) is 3.20. The quantitative estimate of drug-likeness (QED) is 0.737. The zero-order valence-electron chi connectivity index (χ0n) is 11.9. The first-order valence-corrected chi connectivity index (χ1v) is 6.51. The van der Waals surface area contributed by atoms with E-state index < -0.39 is 0 Å². The maximum atomic E-state index is 5.22. The van der Waals surface area contributed by atoms with Gasteiger partial charge in [0.2, 0.25) is 0 Å². The first kappa shape index (κ1) is 13.2. The lowest BCUT2D eigenvalue weighted by molar-refractivity contribution is 0.414. The average Bonchev–Trinajstić information content (AvgIpc) is 3.05. The Kier molecular flexibility index (Phi) is 3.55. The molecule has 3 aromatic rings. The summed E-state index contributed by atoms with van der Waals surface area (Å²) in [7, 11) is 3.29. The molecule has 0 saturated carbocycles. The second-order valence-electron chi connectivity index (χ2n) is 4.48. The van der Waals surface area contributed by atoms with E-state index in [2.05, 4.69) is 10.3 Å². The number of benzene rings is 2. The van der Waals surface area contributed by atoms with E-state index in [9.17, 15) is 0 Å². The van der Waals surface area contributed by atoms with Crippen LogP contribution in [0, 0.1) is 0 Å². The van der Waals surface area contributed by atoms with Gasteiger partial charge in [0.1, 0.15) is 17.2 Å². The Labute approximate surface area is 122 Å². The predicted molar refractivity (Wildman–Crippen MR) is 79.9 cm³/mol. The Morgan fingerprint density at radius 2 is 1.67 bits per heavy atom. The molecule has 0 bridgehead atoms. The number of hydrogen-bond donors (Lipinski definition) is 0. The van der Waals surface area contributed by atoms with Crippen molar-refractivity contribution in [2.75, 3.05) is 14.2 Å². The molecule has 0 aliphatic rings. The molecule has 21 heavy (non-hydrogen) atoms. The van der Waals surface area contributed by atoms with Gasteiger partial charge in [-0.25, -0.2) is 4.68 Å². The molecule has 1 aromatic heterocycles. The van der Waals surface area contributed by atoms with Crippen LogP contribution in [-0.4, -0.2) is 29.2 Å². The predicted octanol–water partition coefficient (Wildman–Crippen LogP) is 2.95. The highest BCUT2D eigenvalue weighted by Crippen LogP contribution is 2.22. The van der Waals surface area contributed by atoms with E-state index in [1.54, 1.807) is 18.9 Å². The molecular weight excluding hydrogens is 266 g/mol. The molecule has 0 atom stereocenters. The third kappa shape index (κ3) is 2.72. The van der Waals surface area contributed by atoms with Crippen molar-refractivity contribution in [2.24, 2.45) is 0 Å². The summed E-state index contributed by atoms with van der Waals surface area (Å²) in [4.78, 5) is 0. The first-order chi connectivity index (χ1) is 10.3. The van der Waals surface area contributed by atoms with Crippen molar-refractivity contribution < 1.29 is 9.47 Å². The van der Waals surface area contributed by atoms with E-state index in [-0.39, 0.29) is 0 Å². The monoisotopic (exact) mass is 281 g/mol. The fourth-order valence-corrected chi connectivity index (χ4v) is 2.04. The Morgan fingerprint density at radius 1 is 0.905 bits per heavy atom. The lowest BCUT2D eigenvalue weighted by Crippen LogP contribution is -1.94. The minimum absolute atomic E-state index is 0.796. The Hall–Kier alpha value is -2.82. The van der Waals surface area contributed by atoms with Crippen molar-refractivity contribution in [1.82, 2.24) is 15.0 Å². The molecule has 0 unspecified atom stereocenters. The highest BCUT2D eigenvalue weighted by Gasteiger charge is 2.06. The van der Waals surface area contributed by atoms with Crippen molar-refractivity contribution in [3.05, 3.63) is 54.7 Å². The normalized spacial score (nSPS) is 10.4. The second-order valence-corrected chi connectivity index (χ2v) is 4.48. The lowest BCUT2D eigenvalue weighted by atomic mass is 10.1. The van der Waals surface area contributed by atoms with E-state index in [4.69, 9.17) is 9.47 Å². The van der Waals surface area contributed by atoms with Crippen molar-refractivity contribution >= 4 is 0 Å². The maximum Gasteiger partial charge on any atom is 0.119 e. The number of rotatable bonds is 4. The molecule has 5 heteroatoms. The van der Waals surface area contributed by atoms with Gasteiger partial charge in [-0.3, -0.25) is 0 Å². The van der Waals surface area contributed by atoms with Gasteiger partial charge in [0, 0.05) is 5.56 Å². The summed E-state index contributed by atoms with van der Waals surface area (Å²) in [6.45, 7) is 0. The number of nitrogens with zero attached hydrogens (tertiary/aromatic N) is 3. The van der Waals surface area contributed by atoms with Gasteiger partial charge in [-0.15, -0.1) is 5.10 Å². The van der Waals surface area contributed by atoms with E-state index >= 15 is 0 Å². The van der Waals surface area contributed by atoms with Gasteiger partial charge in [0.25, 0.3) is 0 Å². The second kappa shape index (κ2) is 5.66. The van der Waals surface area contributed by atoms with Crippen LogP contribution in [0.5, 0.6) is 11.5 Å². The summed E-state index contributed by atoms with van der Waals surface area (Å²) in [5.74, 6) is 1.61. The van der Waals surface area contributed by atoms with Gasteiger partial charge in [-0.1, -0.05) is 17.3 Å². The van der Waals surface area contributed by atoms with Gasteiger partial charge in [0.05, 0.1) is 26.1 Å². The van der Waals surface area contributed by atoms with Crippen molar-refractivity contribution in [3.63, 3.8) is 0 Å². The maximum absolute atomic E-state index is 5.22. The van der Waals surface area contributed by atoms with Crippen LogP contribution < -0.4 is 9.47 Å². The summed E-state index contributed by atoms with van der Waals surface area (Å²) in [5, 5.41) is 8.37. The number of hydrogen-bond acceptors (Lipinski definition) is 4. The lowest BCUT2D eigenvalue weighted by Gasteiger charge is -2.02. The SMILES string of the molecule is COc1ccc(-n2cc(-c3cccc(OC)c3)nn2)cc1. The Morgan fingerprint density at radius 3 is 2.38 bits per heavy atom. The molecule has 0 spiro atoms. The molecule has 0 N–H and O–H groups in total. The number of aromatic nitrogens is 3. The van der Waals surface area contributed by atoms with Crippen LogP contribution in [-0.2, 0) is 0 Å². The molecule has 2 aromatic carbocycles. The highest BCUT2D eigenvalue weighted by molar-refractivity contribution is 5.60. The van der Waals surface area contributed by atoms with Crippen LogP contribution in [0.15, 0.2) is 54.7 Å². The number of ether oxygens (including phenoxy) is 2. The molecule has 0 saturated heterocycles. The fraction of sp³-hybridized carbons (Fsp3) is 0.125. The molecule has 0 radical (unpaired) electrons. The fourth-order valence-electron chi connectivity index (χ4n) is 2.04. The van der Waals surface area contributed by atoms with Gasteiger partial charge < -0.3 is 9.47 Å². The highest BCUT2D eigenvalue weighted by atomic mass is 16.5. The topological polar surface area (TPSA) is 49.2 Å². The van der Waals surface area contributed by atoms with Crippen LogP contribution in [0.1, 0.15) is 0 Å². The molecule has 0 aliphatic heterocycles. The van der Waals surface area contributed by atoms with E-state index in [0.29, 0.717) is 0 Å². The number of methoxy groups -OCH3 is 2. The van der Waals surface area contributed by atoms with Gasteiger partial charge in [-0.05, 0) is 36.4 Å². The van der Waals surface area contributed by atoms with E-state index in [0.717, 1.165) is 28.4 Å². The van der Waals surface area contributed by atoms with Crippen LogP contribution in [0.3, 0.4) is 0 Å². The van der Waals surface area contributed by atoms with E-state index in [1.165, 1.54) is 0 Å². The van der Waals surface area contributed by atoms with Crippen molar-refractivity contribution in [2.45, 2.75) is 0 Å². The van der Waals surface area contributed by atoms with Gasteiger partial charge >= 0.3 is 0 Å². The van der Waals surface area contributed by atoms with Crippen LogP contribution >= 0.6 is 0 Å². The van der Waals surface area contributed by atoms with Crippen LogP contribution in [0.4, 0.5) is 0 Å². The largest absolute Gasteiger partial charge is 0.497 e. The van der Waals surface area contributed by atoms with Gasteiger partial charge in [0.15, 0.2) is 0 Å². The molecule has 3 rings (SSSR count). The molecule has 5 nitrogen and oxygen atoms in total. The van der Waals surface area contributed by atoms with Crippen LogP contribution in [0.25, 0.3) is 16.9 Å². The zero-order chi connectivity index (χ0) is 14.7. The minimum Gasteiger partial charge on any atom is -0.497 e. The molecule has 0 fully saturated rings. The summed E-state index contributed by atoms with van der Waals surface area (Å²) < 4.78 is 12.1. The summed E-state index contributed by atoms with van der Waals surface area (Å²) in [6, 6.07) is 15.4. The smallest absolute Gasteiger partial charge is 0.119 e. The Balaban J connectivity index is 1.91. The van der Waals surface area contributed by atoms with Crippen LogP contribution in [0.2, 0.25) is 0 Å². The molecule has 0 amide bonds. The molecule has 106 valence electrons. The van der Waals surface area contributed by atoms with Crippen molar-refractivity contribution in [1.29, 1.82) is 0 Å². The third-order valence-electron chi connectivity index (χ3n) is 3.20. The Bertz CT molecular complexity index is 735. The average molecular weight is 281 g/mol. The van der Waals surface area contributed by atoms with Gasteiger partial charge in [-0.2, -0.15) is 0 Å². The standard InChI is InChI=1S/C16H15N3O2/c1-20-14-8-6-13(7-9-14)19-11-16(17-18-19)12-4-3-5-15(10-12)21-2/h3-11H,1-2H3. The zero-order valence-corrected chi connectivity index (χ0v) is 11.9. The molecule has 0 aliphatic carbocycles. The summed E-state index contributed by atoms with van der Waals surface area (Å²) in [6.07, 6.45) is 1.89. The van der Waals surface area contributed by atoms with Crippen molar-refractivity contribution in [3.8, 4) is 28.4 Å². The first-order valence-electron chi connectivity index (χ1n) is 6.51. The minimum atomic E-state index is 0.796. The molecular formula is C16H15N3O2. The summed E-state index contributed by atoms with van der Waals surface area (Å²) in [5.41, 5.74) is 2.69. The summed E-state index contributed by atoms with van der Waals surface area (Å²) >= 11 is 0. The van der Waals surface area contributed by atoms with E-state index in [1.807, 2.05) is 54.7 Å². The molecule has 1 heterocycles.